The Bertz CT molecular complexity index is 576. The average molecular weight is 248 g/mol. The molecule has 0 spiro atoms. The Balaban J connectivity index is 2.22. The maximum Gasteiger partial charge on any atom is 0.257 e. The third-order valence-corrected chi connectivity index (χ3v) is 2.74. The standard InChI is InChI=1S/C13H16N2O3/c1-17-12(18-2)8-14-11-7-9-5-3-4-6-10(9)13(16)15-11/h3-7,12H,8H2,1-2H3,(H2,14,15,16). The van der Waals surface area contributed by atoms with E-state index in [0.29, 0.717) is 17.7 Å². The molecule has 2 N–H and O–H groups in total. The van der Waals surface area contributed by atoms with E-state index in [-0.39, 0.29) is 11.8 Å². The fourth-order valence-electron chi connectivity index (χ4n) is 1.76. The van der Waals surface area contributed by atoms with Gasteiger partial charge in [0.2, 0.25) is 0 Å². The predicted octanol–water partition coefficient (Wildman–Crippen LogP) is 1.56. The molecule has 0 aliphatic carbocycles. The smallest absolute Gasteiger partial charge is 0.257 e. The zero-order valence-corrected chi connectivity index (χ0v) is 10.4. The zero-order valence-electron chi connectivity index (χ0n) is 10.4. The highest BCUT2D eigenvalue weighted by molar-refractivity contribution is 5.83. The van der Waals surface area contributed by atoms with Crippen molar-refractivity contribution in [2.75, 3.05) is 26.1 Å². The second kappa shape index (κ2) is 5.66. The molecule has 0 unspecified atom stereocenters. The molecule has 0 aliphatic rings. The number of rotatable bonds is 5. The summed E-state index contributed by atoms with van der Waals surface area (Å²) >= 11 is 0. The first kappa shape index (κ1) is 12.6. The van der Waals surface area contributed by atoms with Crippen LogP contribution in [-0.4, -0.2) is 32.0 Å². The molecule has 0 saturated heterocycles. The molecular formula is C13H16N2O3. The summed E-state index contributed by atoms with van der Waals surface area (Å²) in [5, 5.41) is 4.65. The van der Waals surface area contributed by atoms with Gasteiger partial charge in [0.25, 0.3) is 5.56 Å². The van der Waals surface area contributed by atoms with Gasteiger partial charge >= 0.3 is 0 Å². The molecule has 2 rings (SSSR count). The Kier molecular flexibility index (Phi) is 3.96. The number of H-pyrrole nitrogens is 1. The van der Waals surface area contributed by atoms with Crippen LogP contribution in [0.25, 0.3) is 10.8 Å². The van der Waals surface area contributed by atoms with E-state index in [1.165, 1.54) is 0 Å². The molecule has 1 aromatic heterocycles. The van der Waals surface area contributed by atoms with Crippen LogP contribution in [0.1, 0.15) is 0 Å². The van der Waals surface area contributed by atoms with Crippen molar-refractivity contribution in [1.82, 2.24) is 4.98 Å². The van der Waals surface area contributed by atoms with Crippen LogP contribution < -0.4 is 10.9 Å². The minimum Gasteiger partial charge on any atom is -0.366 e. The van der Waals surface area contributed by atoms with E-state index < -0.39 is 0 Å². The van der Waals surface area contributed by atoms with E-state index in [4.69, 9.17) is 9.47 Å². The molecule has 1 heterocycles. The van der Waals surface area contributed by atoms with Crippen LogP contribution in [0.2, 0.25) is 0 Å². The molecule has 0 amide bonds. The van der Waals surface area contributed by atoms with Crippen LogP contribution in [-0.2, 0) is 9.47 Å². The van der Waals surface area contributed by atoms with Gasteiger partial charge in [-0.25, -0.2) is 0 Å². The number of hydrogen-bond donors (Lipinski definition) is 2. The van der Waals surface area contributed by atoms with Gasteiger partial charge in [-0.15, -0.1) is 0 Å². The maximum atomic E-state index is 11.8. The molecule has 5 nitrogen and oxygen atoms in total. The summed E-state index contributed by atoms with van der Waals surface area (Å²) in [4.78, 5) is 14.6. The largest absolute Gasteiger partial charge is 0.366 e. The average Bonchev–Trinajstić information content (AvgIpc) is 2.40. The topological polar surface area (TPSA) is 63.3 Å². The first-order valence-corrected chi connectivity index (χ1v) is 5.66. The molecule has 0 atom stereocenters. The van der Waals surface area contributed by atoms with Crippen LogP contribution >= 0.6 is 0 Å². The van der Waals surface area contributed by atoms with Crippen molar-refractivity contribution in [2.45, 2.75) is 6.29 Å². The fourth-order valence-corrected chi connectivity index (χ4v) is 1.76. The minimum atomic E-state index is -0.347. The van der Waals surface area contributed by atoms with Crippen LogP contribution in [0.3, 0.4) is 0 Å². The summed E-state index contributed by atoms with van der Waals surface area (Å²) in [5.74, 6) is 0.651. The molecule has 18 heavy (non-hydrogen) atoms. The number of anilines is 1. The fraction of sp³-hybridized carbons (Fsp3) is 0.308. The van der Waals surface area contributed by atoms with Crippen molar-refractivity contribution in [3.05, 3.63) is 40.7 Å². The summed E-state index contributed by atoms with van der Waals surface area (Å²) in [6.45, 7) is 0.460. The maximum absolute atomic E-state index is 11.8. The Hall–Kier alpha value is -1.85. The van der Waals surface area contributed by atoms with Crippen molar-refractivity contribution in [3.8, 4) is 0 Å². The van der Waals surface area contributed by atoms with Gasteiger partial charge < -0.3 is 19.8 Å². The van der Waals surface area contributed by atoms with Crippen molar-refractivity contribution < 1.29 is 9.47 Å². The quantitative estimate of drug-likeness (QED) is 0.788. The summed E-state index contributed by atoms with van der Waals surface area (Å²) in [7, 11) is 3.14. The predicted molar refractivity (Wildman–Crippen MR) is 70.9 cm³/mol. The van der Waals surface area contributed by atoms with Gasteiger partial charge in [0.15, 0.2) is 6.29 Å². The summed E-state index contributed by atoms with van der Waals surface area (Å²) in [6.07, 6.45) is -0.347. The lowest BCUT2D eigenvalue weighted by Crippen LogP contribution is -2.24. The van der Waals surface area contributed by atoms with Gasteiger partial charge in [0, 0.05) is 19.6 Å². The summed E-state index contributed by atoms with van der Waals surface area (Å²) in [5.41, 5.74) is -0.109. The molecule has 5 heteroatoms. The number of fused-ring (bicyclic) bond motifs is 1. The van der Waals surface area contributed by atoms with Gasteiger partial charge in [-0.1, -0.05) is 18.2 Å². The van der Waals surface area contributed by atoms with Gasteiger partial charge in [-0.2, -0.15) is 0 Å². The molecular weight excluding hydrogens is 232 g/mol. The number of aromatic nitrogens is 1. The number of methoxy groups -OCH3 is 2. The van der Waals surface area contributed by atoms with E-state index in [1.807, 2.05) is 24.3 Å². The minimum absolute atomic E-state index is 0.109. The SMILES string of the molecule is COC(CNc1cc2ccccc2c(=O)[nH]1)OC. The zero-order chi connectivity index (χ0) is 13.0. The van der Waals surface area contributed by atoms with E-state index in [9.17, 15) is 4.79 Å². The summed E-state index contributed by atoms with van der Waals surface area (Å²) < 4.78 is 10.1. The van der Waals surface area contributed by atoms with Crippen LogP contribution in [0, 0.1) is 0 Å². The highest BCUT2D eigenvalue weighted by Crippen LogP contribution is 2.12. The Morgan fingerprint density at radius 2 is 2.00 bits per heavy atom. The molecule has 2 aromatic rings. The lowest BCUT2D eigenvalue weighted by atomic mass is 10.2. The van der Waals surface area contributed by atoms with E-state index in [2.05, 4.69) is 10.3 Å². The highest BCUT2D eigenvalue weighted by Gasteiger charge is 2.06. The normalized spacial score (nSPS) is 11.1. The molecule has 96 valence electrons. The molecule has 0 saturated carbocycles. The first-order chi connectivity index (χ1) is 8.74. The Morgan fingerprint density at radius 1 is 1.28 bits per heavy atom. The number of nitrogens with one attached hydrogen (secondary N) is 2. The Morgan fingerprint density at radius 3 is 2.72 bits per heavy atom. The lowest BCUT2D eigenvalue weighted by molar-refractivity contribution is -0.0914. The number of ether oxygens (including phenoxy) is 2. The van der Waals surface area contributed by atoms with Crippen molar-refractivity contribution in [1.29, 1.82) is 0 Å². The van der Waals surface area contributed by atoms with Crippen molar-refractivity contribution in [3.63, 3.8) is 0 Å². The van der Waals surface area contributed by atoms with Crippen LogP contribution in [0.15, 0.2) is 35.1 Å². The molecule has 0 radical (unpaired) electrons. The highest BCUT2D eigenvalue weighted by atomic mass is 16.7. The monoisotopic (exact) mass is 248 g/mol. The second-order valence-electron chi connectivity index (χ2n) is 3.88. The molecule has 1 aromatic carbocycles. The van der Waals surface area contributed by atoms with Gasteiger partial charge in [0.1, 0.15) is 5.82 Å². The van der Waals surface area contributed by atoms with Gasteiger partial charge in [-0.3, -0.25) is 4.79 Å². The lowest BCUT2D eigenvalue weighted by Gasteiger charge is -2.14. The Labute approximate surface area is 105 Å². The third kappa shape index (κ3) is 2.69. The first-order valence-electron chi connectivity index (χ1n) is 5.66. The molecule has 0 fully saturated rings. The number of benzene rings is 1. The van der Waals surface area contributed by atoms with E-state index in [1.54, 1.807) is 20.3 Å². The van der Waals surface area contributed by atoms with Crippen LogP contribution in [0.5, 0.6) is 0 Å². The van der Waals surface area contributed by atoms with E-state index in [0.717, 1.165) is 5.39 Å². The molecule has 0 aliphatic heterocycles. The number of aromatic amines is 1. The van der Waals surface area contributed by atoms with Gasteiger partial charge in [0.05, 0.1) is 6.54 Å². The third-order valence-electron chi connectivity index (χ3n) is 2.74. The summed E-state index contributed by atoms with van der Waals surface area (Å²) in [6, 6.07) is 9.33. The van der Waals surface area contributed by atoms with Crippen molar-refractivity contribution in [2.24, 2.45) is 0 Å². The second-order valence-corrected chi connectivity index (χ2v) is 3.88. The number of pyridine rings is 1. The van der Waals surface area contributed by atoms with E-state index >= 15 is 0 Å². The van der Waals surface area contributed by atoms with Crippen molar-refractivity contribution >= 4 is 16.6 Å². The molecule has 0 bridgehead atoms. The number of hydrogen-bond acceptors (Lipinski definition) is 4. The van der Waals surface area contributed by atoms with Gasteiger partial charge in [-0.05, 0) is 17.5 Å². The van der Waals surface area contributed by atoms with Crippen LogP contribution in [0.4, 0.5) is 5.82 Å².